The van der Waals surface area contributed by atoms with Crippen molar-refractivity contribution in [3.63, 3.8) is 0 Å². The minimum Gasteiger partial charge on any atom is -0.379 e. The molecule has 1 N–H and O–H groups in total. The van der Waals surface area contributed by atoms with Crippen LogP contribution in [0.4, 0.5) is 5.82 Å². The Bertz CT molecular complexity index is 724. The average Bonchev–Trinajstić information content (AvgIpc) is 3.06. The summed E-state index contributed by atoms with van der Waals surface area (Å²) in [6, 6.07) is 3.96. The van der Waals surface area contributed by atoms with Crippen molar-refractivity contribution in [2.75, 3.05) is 44.7 Å². The predicted molar refractivity (Wildman–Crippen MR) is 99.8 cm³/mol. The SMILES string of the molecule is CCCCC#Cc1cnc2ccc(NCCCN3CCOCC3)nn12. The van der Waals surface area contributed by atoms with Crippen LogP contribution in [0.3, 0.4) is 0 Å². The van der Waals surface area contributed by atoms with Gasteiger partial charge in [0, 0.05) is 26.1 Å². The van der Waals surface area contributed by atoms with Gasteiger partial charge < -0.3 is 10.1 Å². The third-order valence-electron chi connectivity index (χ3n) is 4.30. The van der Waals surface area contributed by atoms with Crippen LogP contribution in [0, 0.1) is 11.8 Å². The summed E-state index contributed by atoms with van der Waals surface area (Å²) in [7, 11) is 0. The van der Waals surface area contributed by atoms with Crippen molar-refractivity contribution < 1.29 is 4.74 Å². The summed E-state index contributed by atoms with van der Waals surface area (Å²) < 4.78 is 7.20. The van der Waals surface area contributed by atoms with Gasteiger partial charge in [-0.05, 0) is 37.4 Å². The molecule has 3 heterocycles. The molecule has 6 nitrogen and oxygen atoms in total. The normalized spacial score (nSPS) is 15.1. The number of unbranched alkanes of at least 4 members (excludes halogenated alkanes) is 2. The summed E-state index contributed by atoms with van der Waals surface area (Å²) in [5, 5.41) is 8.03. The lowest BCUT2D eigenvalue weighted by atomic mass is 10.2. The van der Waals surface area contributed by atoms with E-state index in [1.54, 1.807) is 6.20 Å². The smallest absolute Gasteiger partial charge is 0.155 e. The van der Waals surface area contributed by atoms with Crippen LogP contribution in [0.15, 0.2) is 18.3 Å². The van der Waals surface area contributed by atoms with Gasteiger partial charge in [0.1, 0.15) is 11.5 Å². The van der Waals surface area contributed by atoms with Crippen molar-refractivity contribution in [1.82, 2.24) is 19.5 Å². The van der Waals surface area contributed by atoms with E-state index in [1.165, 1.54) is 6.42 Å². The zero-order valence-corrected chi connectivity index (χ0v) is 15.0. The maximum Gasteiger partial charge on any atom is 0.155 e. The number of nitrogens with one attached hydrogen (secondary N) is 1. The number of imidazole rings is 1. The Hall–Kier alpha value is -2.10. The summed E-state index contributed by atoms with van der Waals surface area (Å²) in [6.45, 7) is 7.97. The van der Waals surface area contributed by atoms with Crippen molar-refractivity contribution >= 4 is 11.5 Å². The molecule has 0 atom stereocenters. The molecular formula is C19H27N5O. The monoisotopic (exact) mass is 341 g/mol. The van der Waals surface area contributed by atoms with E-state index in [-0.39, 0.29) is 0 Å². The van der Waals surface area contributed by atoms with Crippen LogP contribution in [0.1, 0.15) is 38.3 Å². The van der Waals surface area contributed by atoms with E-state index in [2.05, 4.69) is 39.1 Å². The second kappa shape index (κ2) is 9.40. The highest BCUT2D eigenvalue weighted by Crippen LogP contribution is 2.09. The molecule has 0 radical (unpaired) electrons. The molecule has 2 aromatic rings. The molecular weight excluding hydrogens is 314 g/mol. The third kappa shape index (κ3) is 5.18. The summed E-state index contributed by atoms with van der Waals surface area (Å²) >= 11 is 0. The van der Waals surface area contributed by atoms with E-state index in [4.69, 9.17) is 4.74 Å². The van der Waals surface area contributed by atoms with Crippen LogP contribution in [-0.2, 0) is 4.74 Å². The highest BCUT2D eigenvalue weighted by Gasteiger charge is 2.09. The molecule has 134 valence electrons. The lowest BCUT2D eigenvalue weighted by molar-refractivity contribution is 0.0378. The fraction of sp³-hybridized carbons (Fsp3) is 0.579. The van der Waals surface area contributed by atoms with Gasteiger partial charge in [-0.1, -0.05) is 19.3 Å². The Labute approximate surface area is 149 Å². The van der Waals surface area contributed by atoms with E-state index in [0.29, 0.717) is 0 Å². The van der Waals surface area contributed by atoms with E-state index in [1.807, 2.05) is 16.6 Å². The standard InChI is InChI=1S/C19H27N5O/c1-2-3-4-5-7-17-16-21-19-9-8-18(22-24(17)19)20-10-6-11-23-12-14-25-15-13-23/h8-9,16H,2-4,6,10-15H2,1H3,(H,20,22). The molecule has 0 unspecified atom stereocenters. The Morgan fingerprint density at radius 1 is 1.24 bits per heavy atom. The largest absolute Gasteiger partial charge is 0.379 e. The van der Waals surface area contributed by atoms with Crippen molar-refractivity contribution in [1.29, 1.82) is 0 Å². The van der Waals surface area contributed by atoms with Crippen LogP contribution in [0.5, 0.6) is 0 Å². The number of hydrogen-bond donors (Lipinski definition) is 1. The summed E-state index contributed by atoms with van der Waals surface area (Å²) in [5.74, 6) is 7.25. The van der Waals surface area contributed by atoms with Crippen LogP contribution >= 0.6 is 0 Å². The topological polar surface area (TPSA) is 54.7 Å². The van der Waals surface area contributed by atoms with Gasteiger partial charge in [-0.15, -0.1) is 5.10 Å². The quantitative estimate of drug-likeness (QED) is 0.619. The molecule has 3 rings (SSSR count). The number of aromatic nitrogens is 3. The molecule has 6 heteroatoms. The van der Waals surface area contributed by atoms with Crippen LogP contribution in [0.2, 0.25) is 0 Å². The highest BCUT2D eigenvalue weighted by molar-refractivity contribution is 5.48. The minimum atomic E-state index is 0.832. The summed E-state index contributed by atoms with van der Waals surface area (Å²) in [5.41, 5.74) is 1.68. The van der Waals surface area contributed by atoms with Crippen molar-refractivity contribution in [3.05, 3.63) is 24.0 Å². The van der Waals surface area contributed by atoms with E-state index < -0.39 is 0 Å². The zero-order valence-electron chi connectivity index (χ0n) is 15.0. The molecule has 2 aromatic heterocycles. The molecule has 0 aromatic carbocycles. The number of hydrogen-bond acceptors (Lipinski definition) is 5. The predicted octanol–water partition coefficient (Wildman–Crippen LogP) is 2.41. The Morgan fingerprint density at radius 2 is 2.12 bits per heavy atom. The van der Waals surface area contributed by atoms with Gasteiger partial charge in [-0.3, -0.25) is 4.90 Å². The van der Waals surface area contributed by atoms with E-state index >= 15 is 0 Å². The van der Waals surface area contributed by atoms with Gasteiger partial charge in [-0.2, -0.15) is 0 Å². The second-order valence-corrected chi connectivity index (χ2v) is 6.27. The van der Waals surface area contributed by atoms with Crippen molar-refractivity contribution in [2.45, 2.75) is 32.6 Å². The molecule has 0 amide bonds. The summed E-state index contributed by atoms with van der Waals surface area (Å²) in [6.07, 6.45) is 6.10. The fourth-order valence-electron chi connectivity index (χ4n) is 2.81. The van der Waals surface area contributed by atoms with Crippen molar-refractivity contribution in [2.24, 2.45) is 0 Å². The molecule has 1 aliphatic heterocycles. The molecule has 25 heavy (non-hydrogen) atoms. The van der Waals surface area contributed by atoms with Gasteiger partial charge in [0.05, 0.1) is 19.4 Å². The lowest BCUT2D eigenvalue weighted by Crippen LogP contribution is -2.37. The third-order valence-corrected chi connectivity index (χ3v) is 4.30. The van der Waals surface area contributed by atoms with Gasteiger partial charge in [0.15, 0.2) is 5.65 Å². The zero-order chi connectivity index (χ0) is 17.3. The first-order valence-corrected chi connectivity index (χ1v) is 9.24. The van der Waals surface area contributed by atoms with Gasteiger partial charge >= 0.3 is 0 Å². The second-order valence-electron chi connectivity index (χ2n) is 6.27. The van der Waals surface area contributed by atoms with Crippen LogP contribution in [-0.4, -0.2) is 58.9 Å². The maximum atomic E-state index is 5.37. The number of morpholine rings is 1. The lowest BCUT2D eigenvalue weighted by Gasteiger charge is -2.26. The van der Waals surface area contributed by atoms with Crippen LogP contribution in [0.25, 0.3) is 5.65 Å². The minimum absolute atomic E-state index is 0.832. The maximum absolute atomic E-state index is 5.37. The van der Waals surface area contributed by atoms with Crippen LogP contribution < -0.4 is 5.32 Å². The number of rotatable bonds is 7. The Balaban J connectivity index is 1.53. The molecule has 1 fully saturated rings. The molecule has 1 aliphatic rings. The summed E-state index contributed by atoms with van der Waals surface area (Å²) in [4.78, 5) is 6.81. The molecule has 0 aliphatic carbocycles. The molecule has 0 saturated carbocycles. The first-order valence-electron chi connectivity index (χ1n) is 9.24. The van der Waals surface area contributed by atoms with Gasteiger partial charge in [0.2, 0.25) is 0 Å². The highest BCUT2D eigenvalue weighted by atomic mass is 16.5. The van der Waals surface area contributed by atoms with Gasteiger partial charge in [0.25, 0.3) is 0 Å². The van der Waals surface area contributed by atoms with E-state index in [0.717, 1.165) is 75.8 Å². The number of nitrogens with zero attached hydrogens (tertiary/aromatic N) is 4. The number of anilines is 1. The molecule has 0 bridgehead atoms. The van der Waals surface area contributed by atoms with Crippen molar-refractivity contribution in [3.8, 4) is 11.8 Å². The van der Waals surface area contributed by atoms with E-state index in [9.17, 15) is 0 Å². The molecule has 0 spiro atoms. The first-order chi connectivity index (χ1) is 12.4. The Morgan fingerprint density at radius 3 is 2.96 bits per heavy atom. The Kier molecular flexibility index (Phi) is 6.66. The molecule has 1 saturated heterocycles. The fourth-order valence-corrected chi connectivity index (χ4v) is 2.81. The number of fused-ring (bicyclic) bond motifs is 1. The first kappa shape index (κ1) is 17.7. The van der Waals surface area contributed by atoms with Gasteiger partial charge in [-0.25, -0.2) is 9.50 Å². The number of ether oxygens (including phenoxy) is 1. The average molecular weight is 341 g/mol.